The van der Waals surface area contributed by atoms with Crippen molar-refractivity contribution < 1.29 is 23.7 Å². The lowest BCUT2D eigenvalue weighted by Crippen LogP contribution is -2.24. The molecule has 1 atom stereocenters. The van der Waals surface area contributed by atoms with Crippen LogP contribution < -0.4 is 19.7 Å². The van der Waals surface area contributed by atoms with Gasteiger partial charge in [-0.15, -0.1) is 0 Å². The number of amides is 1. The molecule has 1 aliphatic rings. The van der Waals surface area contributed by atoms with E-state index < -0.39 is 0 Å². The first kappa shape index (κ1) is 23.9. The van der Waals surface area contributed by atoms with Gasteiger partial charge in [0.25, 0.3) is 0 Å². The molecule has 0 saturated carbocycles. The maximum atomic E-state index is 12.8. The van der Waals surface area contributed by atoms with Gasteiger partial charge in [0.1, 0.15) is 6.61 Å². The van der Waals surface area contributed by atoms with Crippen molar-refractivity contribution in [2.24, 2.45) is 0 Å². The maximum Gasteiger partial charge on any atom is 0.227 e. The van der Waals surface area contributed by atoms with Crippen LogP contribution in [0.1, 0.15) is 31.7 Å². The number of hydrogen-bond acceptors (Lipinski definition) is 6. The van der Waals surface area contributed by atoms with Gasteiger partial charge in [-0.05, 0) is 49.7 Å². The van der Waals surface area contributed by atoms with E-state index in [1.807, 2.05) is 61.2 Å². The van der Waals surface area contributed by atoms with Crippen LogP contribution in [-0.4, -0.2) is 59.1 Å². The van der Waals surface area contributed by atoms with E-state index in [2.05, 4.69) is 5.32 Å². The van der Waals surface area contributed by atoms with Gasteiger partial charge in [-0.2, -0.15) is 0 Å². The molecule has 0 unspecified atom stereocenters. The predicted molar refractivity (Wildman–Crippen MR) is 126 cm³/mol. The molecule has 1 fully saturated rings. The van der Waals surface area contributed by atoms with E-state index in [9.17, 15) is 4.79 Å². The Bertz CT molecular complexity index is 873. The van der Waals surface area contributed by atoms with Crippen LogP contribution in [0, 0.1) is 0 Å². The third-order valence-electron chi connectivity index (χ3n) is 5.41. The number of carbonyl (C=O) groups excluding carboxylic acids is 1. The summed E-state index contributed by atoms with van der Waals surface area (Å²) in [4.78, 5) is 14.7. The van der Waals surface area contributed by atoms with E-state index in [4.69, 9.17) is 18.9 Å². The number of benzene rings is 2. The minimum Gasteiger partial charge on any atom is -0.493 e. The highest BCUT2D eigenvalue weighted by molar-refractivity contribution is 5.97. The van der Waals surface area contributed by atoms with Crippen molar-refractivity contribution in [3.05, 3.63) is 48.0 Å². The molecule has 7 heteroatoms. The Labute approximate surface area is 190 Å². The molecule has 1 aliphatic heterocycles. The average molecular weight is 443 g/mol. The fourth-order valence-electron chi connectivity index (χ4n) is 3.79. The van der Waals surface area contributed by atoms with Crippen molar-refractivity contribution >= 4 is 17.3 Å². The van der Waals surface area contributed by atoms with E-state index >= 15 is 0 Å². The van der Waals surface area contributed by atoms with Gasteiger partial charge in [0, 0.05) is 50.0 Å². The number of nitrogens with zero attached hydrogens (tertiary/aromatic N) is 1. The Morgan fingerprint density at radius 3 is 2.59 bits per heavy atom. The molecule has 0 radical (unpaired) electrons. The first-order chi connectivity index (χ1) is 15.7. The van der Waals surface area contributed by atoms with Gasteiger partial charge in [-0.1, -0.05) is 12.1 Å². The largest absolute Gasteiger partial charge is 0.493 e. The zero-order valence-corrected chi connectivity index (χ0v) is 19.3. The van der Waals surface area contributed by atoms with Crippen molar-refractivity contribution in [1.29, 1.82) is 0 Å². The second kappa shape index (κ2) is 12.3. The fourth-order valence-corrected chi connectivity index (χ4v) is 3.79. The molecule has 0 bridgehead atoms. The van der Waals surface area contributed by atoms with E-state index in [1.54, 1.807) is 7.11 Å². The quantitative estimate of drug-likeness (QED) is 0.472. The Balaban J connectivity index is 1.67. The molecule has 1 amide bonds. The summed E-state index contributed by atoms with van der Waals surface area (Å²) in [6, 6.07) is 13.9. The second-order valence-electron chi connectivity index (χ2n) is 7.54. The molecule has 0 spiro atoms. The summed E-state index contributed by atoms with van der Waals surface area (Å²) in [6.07, 6.45) is 0.465. The van der Waals surface area contributed by atoms with Gasteiger partial charge in [0.05, 0.1) is 20.3 Å². The van der Waals surface area contributed by atoms with Crippen LogP contribution in [0.2, 0.25) is 0 Å². The lowest BCUT2D eigenvalue weighted by Gasteiger charge is -2.19. The van der Waals surface area contributed by atoms with Crippen molar-refractivity contribution in [2.75, 3.05) is 63.5 Å². The Morgan fingerprint density at radius 1 is 1.00 bits per heavy atom. The van der Waals surface area contributed by atoms with Crippen LogP contribution in [0.25, 0.3) is 0 Å². The molecule has 2 aromatic carbocycles. The average Bonchev–Trinajstić information content (AvgIpc) is 3.21. The first-order valence-electron chi connectivity index (χ1n) is 11.3. The number of anilines is 2. The van der Waals surface area contributed by atoms with Crippen molar-refractivity contribution in [3.8, 4) is 11.5 Å². The molecule has 7 nitrogen and oxygen atoms in total. The topological polar surface area (TPSA) is 69.3 Å². The summed E-state index contributed by atoms with van der Waals surface area (Å²) in [5, 5.41) is 3.35. The highest BCUT2D eigenvalue weighted by Gasteiger charge is 2.32. The maximum absolute atomic E-state index is 12.8. The van der Waals surface area contributed by atoms with Crippen LogP contribution in [0.3, 0.4) is 0 Å². The minimum atomic E-state index is 0.0946. The Morgan fingerprint density at radius 2 is 1.81 bits per heavy atom. The predicted octanol–water partition coefficient (Wildman–Crippen LogP) is 4.08. The lowest BCUT2D eigenvalue weighted by atomic mass is 9.98. The minimum absolute atomic E-state index is 0.0946. The van der Waals surface area contributed by atoms with Crippen LogP contribution >= 0.6 is 0 Å². The molecular formula is C25H34N2O5. The van der Waals surface area contributed by atoms with E-state index in [0.717, 1.165) is 23.5 Å². The summed E-state index contributed by atoms with van der Waals surface area (Å²) in [7, 11) is 1.63. The van der Waals surface area contributed by atoms with Crippen LogP contribution in [0.4, 0.5) is 11.4 Å². The van der Waals surface area contributed by atoms with E-state index in [0.29, 0.717) is 57.5 Å². The fraction of sp³-hybridized carbons (Fsp3) is 0.480. The van der Waals surface area contributed by atoms with Gasteiger partial charge < -0.3 is 29.2 Å². The molecular weight excluding hydrogens is 408 g/mol. The second-order valence-corrected chi connectivity index (χ2v) is 7.54. The normalized spacial score (nSPS) is 15.8. The SMILES string of the molecule is CCOCCNc1cccc(N2C[C@@H](c3ccc(OC)c(OCCOCC)c3)CC2=O)c1. The molecule has 2 aromatic rings. The Hall–Kier alpha value is -2.77. The highest BCUT2D eigenvalue weighted by Crippen LogP contribution is 2.37. The van der Waals surface area contributed by atoms with E-state index in [1.165, 1.54) is 0 Å². The summed E-state index contributed by atoms with van der Waals surface area (Å²) in [6.45, 7) is 8.28. The lowest BCUT2D eigenvalue weighted by molar-refractivity contribution is -0.117. The van der Waals surface area contributed by atoms with Crippen LogP contribution in [-0.2, 0) is 14.3 Å². The number of ether oxygens (including phenoxy) is 4. The molecule has 3 rings (SSSR count). The summed E-state index contributed by atoms with van der Waals surface area (Å²) < 4.78 is 22.0. The molecule has 1 N–H and O–H groups in total. The molecule has 1 heterocycles. The summed E-state index contributed by atoms with van der Waals surface area (Å²) in [5.74, 6) is 1.57. The monoisotopic (exact) mass is 442 g/mol. The number of methoxy groups -OCH3 is 1. The Kier molecular flexibility index (Phi) is 9.19. The first-order valence-corrected chi connectivity index (χ1v) is 11.3. The summed E-state index contributed by atoms with van der Waals surface area (Å²) >= 11 is 0. The third-order valence-corrected chi connectivity index (χ3v) is 5.41. The van der Waals surface area contributed by atoms with Gasteiger partial charge in [-0.25, -0.2) is 0 Å². The zero-order valence-electron chi connectivity index (χ0n) is 19.3. The van der Waals surface area contributed by atoms with Crippen LogP contribution in [0.15, 0.2) is 42.5 Å². The van der Waals surface area contributed by atoms with Crippen molar-refractivity contribution in [1.82, 2.24) is 0 Å². The summed E-state index contributed by atoms with van der Waals surface area (Å²) in [5.41, 5.74) is 2.95. The number of nitrogens with one attached hydrogen (secondary N) is 1. The highest BCUT2D eigenvalue weighted by atomic mass is 16.5. The van der Waals surface area contributed by atoms with Crippen LogP contribution in [0.5, 0.6) is 11.5 Å². The van der Waals surface area contributed by atoms with Gasteiger partial charge in [0.15, 0.2) is 11.5 Å². The number of hydrogen-bond donors (Lipinski definition) is 1. The molecule has 0 aromatic heterocycles. The molecule has 1 saturated heterocycles. The molecule has 0 aliphatic carbocycles. The van der Waals surface area contributed by atoms with Crippen molar-refractivity contribution in [3.63, 3.8) is 0 Å². The van der Waals surface area contributed by atoms with E-state index in [-0.39, 0.29) is 11.8 Å². The number of rotatable bonds is 13. The van der Waals surface area contributed by atoms with Gasteiger partial charge >= 0.3 is 0 Å². The zero-order chi connectivity index (χ0) is 22.8. The molecule has 174 valence electrons. The number of carbonyl (C=O) groups is 1. The van der Waals surface area contributed by atoms with Gasteiger partial charge in [-0.3, -0.25) is 4.79 Å². The third kappa shape index (κ3) is 6.37. The van der Waals surface area contributed by atoms with Crippen molar-refractivity contribution in [2.45, 2.75) is 26.2 Å². The van der Waals surface area contributed by atoms with Gasteiger partial charge in [0.2, 0.25) is 5.91 Å². The standard InChI is InChI=1S/C25H34N2O5/c1-4-30-12-11-26-21-7-6-8-22(17-21)27-18-20(16-25(27)28)19-9-10-23(29-3)24(15-19)32-14-13-31-5-2/h6-10,15,17,20,26H,4-5,11-14,16,18H2,1-3H3/t20-/m0/s1. The molecule has 32 heavy (non-hydrogen) atoms. The smallest absolute Gasteiger partial charge is 0.227 e.